The zero-order valence-corrected chi connectivity index (χ0v) is 15.8. The number of nitrogens with one attached hydrogen (secondary N) is 1. The smallest absolute Gasteiger partial charge is 0.274 e. The maximum atomic E-state index is 13.2. The number of H-pyrrole nitrogens is 1. The zero-order valence-electron chi connectivity index (χ0n) is 15.8. The second-order valence-electron chi connectivity index (χ2n) is 7.08. The van der Waals surface area contributed by atoms with Crippen molar-refractivity contribution in [2.24, 2.45) is 7.05 Å². The summed E-state index contributed by atoms with van der Waals surface area (Å²) >= 11 is 0. The van der Waals surface area contributed by atoms with Crippen LogP contribution in [-0.2, 0) is 7.05 Å². The summed E-state index contributed by atoms with van der Waals surface area (Å²) in [7, 11) is 1.73. The fourth-order valence-corrected chi connectivity index (χ4v) is 3.79. The molecule has 1 saturated heterocycles. The van der Waals surface area contributed by atoms with Crippen molar-refractivity contribution in [3.63, 3.8) is 0 Å². The minimum absolute atomic E-state index is 0.105. The van der Waals surface area contributed by atoms with Crippen LogP contribution in [0.3, 0.4) is 0 Å². The first-order valence-electron chi connectivity index (χ1n) is 9.12. The van der Waals surface area contributed by atoms with Gasteiger partial charge in [0.05, 0.1) is 10.9 Å². The van der Waals surface area contributed by atoms with Gasteiger partial charge in [0.25, 0.3) is 11.5 Å². The van der Waals surface area contributed by atoms with Crippen LogP contribution in [0.5, 0.6) is 0 Å². The summed E-state index contributed by atoms with van der Waals surface area (Å²) in [5.41, 5.74) is 3.84. The number of carbonyl (C=O) groups excluding carboxylic acids is 1. The summed E-state index contributed by atoms with van der Waals surface area (Å²) in [6, 6.07) is 10.0. The highest BCUT2D eigenvalue weighted by atomic mass is 16.2. The van der Waals surface area contributed by atoms with Crippen LogP contribution in [0.15, 0.2) is 35.1 Å². The summed E-state index contributed by atoms with van der Waals surface area (Å²) in [4.78, 5) is 34.0. The maximum absolute atomic E-state index is 13.2. The van der Waals surface area contributed by atoms with E-state index in [2.05, 4.69) is 34.0 Å². The van der Waals surface area contributed by atoms with Crippen LogP contribution in [0.1, 0.15) is 21.6 Å². The van der Waals surface area contributed by atoms with Gasteiger partial charge >= 0.3 is 0 Å². The molecule has 4 rings (SSSR count). The number of aromatic amines is 1. The van der Waals surface area contributed by atoms with Crippen molar-refractivity contribution in [1.29, 1.82) is 0 Å². The summed E-state index contributed by atoms with van der Waals surface area (Å²) in [6.45, 7) is 6.74. The Balaban J connectivity index is 1.60. The predicted molar refractivity (Wildman–Crippen MR) is 105 cm³/mol. The molecule has 0 aliphatic carbocycles. The summed E-state index contributed by atoms with van der Waals surface area (Å²) in [5.74, 6) is -0.105. The lowest BCUT2D eigenvalue weighted by Crippen LogP contribution is -2.49. The number of anilines is 1. The molecule has 3 heterocycles. The third kappa shape index (κ3) is 2.99. The quantitative estimate of drug-likeness (QED) is 0.752. The lowest BCUT2D eigenvalue weighted by Gasteiger charge is -2.36. The number of hydrogen-bond donors (Lipinski definition) is 1. The van der Waals surface area contributed by atoms with Crippen molar-refractivity contribution in [2.45, 2.75) is 13.8 Å². The number of piperazine rings is 1. The van der Waals surface area contributed by atoms with Crippen LogP contribution < -0.4 is 10.5 Å². The molecule has 0 unspecified atom stereocenters. The van der Waals surface area contributed by atoms with E-state index in [9.17, 15) is 9.59 Å². The number of benzene rings is 1. The first-order chi connectivity index (χ1) is 13.0. The highest BCUT2D eigenvalue weighted by Gasteiger charge is 2.26. The van der Waals surface area contributed by atoms with Crippen molar-refractivity contribution in [3.8, 4) is 0 Å². The molecule has 2 aromatic heterocycles. The molecule has 1 N–H and O–H groups in total. The molecule has 3 aromatic rings. The van der Waals surface area contributed by atoms with Crippen molar-refractivity contribution in [1.82, 2.24) is 19.7 Å². The lowest BCUT2D eigenvalue weighted by atomic mass is 10.1. The van der Waals surface area contributed by atoms with Gasteiger partial charge in [0.15, 0.2) is 5.65 Å². The number of rotatable bonds is 2. The first kappa shape index (κ1) is 17.3. The van der Waals surface area contributed by atoms with Crippen molar-refractivity contribution < 1.29 is 4.79 Å². The Kier molecular flexibility index (Phi) is 4.22. The Morgan fingerprint density at radius 3 is 2.52 bits per heavy atom. The van der Waals surface area contributed by atoms with Gasteiger partial charge in [-0.1, -0.05) is 18.2 Å². The van der Waals surface area contributed by atoms with E-state index < -0.39 is 0 Å². The number of hydrogen-bond acceptors (Lipinski definition) is 4. The molecule has 7 heteroatoms. The Hall–Kier alpha value is -3.09. The van der Waals surface area contributed by atoms with Crippen LogP contribution in [0.4, 0.5) is 5.69 Å². The number of para-hydroxylation sites is 1. The van der Waals surface area contributed by atoms with E-state index >= 15 is 0 Å². The summed E-state index contributed by atoms with van der Waals surface area (Å²) < 4.78 is 1.57. The second kappa shape index (κ2) is 6.57. The van der Waals surface area contributed by atoms with Gasteiger partial charge in [-0.15, -0.1) is 0 Å². The molecular formula is C20H23N5O2. The molecule has 0 saturated carbocycles. The van der Waals surface area contributed by atoms with Crippen LogP contribution in [0.2, 0.25) is 0 Å². The van der Waals surface area contributed by atoms with Gasteiger partial charge in [0, 0.05) is 44.6 Å². The molecule has 1 fully saturated rings. The van der Waals surface area contributed by atoms with Gasteiger partial charge in [-0.05, 0) is 31.5 Å². The second-order valence-corrected chi connectivity index (χ2v) is 7.08. The molecule has 0 radical (unpaired) electrons. The van der Waals surface area contributed by atoms with E-state index in [0.717, 1.165) is 18.8 Å². The standard InChI is InChI=1S/C20H23N5O2/c1-13-6-4-5-7-16(13)24-8-10-25(11-9-24)20(27)15-12-14(2)21-18-17(15)19(26)22-23(18)3/h4-7,12H,8-11H2,1-3H3,(H,22,26). The molecule has 0 spiro atoms. The fraction of sp³-hybridized carbons (Fsp3) is 0.350. The largest absolute Gasteiger partial charge is 0.368 e. The minimum atomic E-state index is -0.276. The maximum Gasteiger partial charge on any atom is 0.274 e. The van der Waals surface area contributed by atoms with Crippen molar-refractivity contribution >= 4 is 22.6 Å². The summed E-state index contributed by atoms with van der Waals surface area (Å²) in [6.07, 6.45) is 0. The predicted octanol–water partition coefficient (Wildman–Crippen LogP) is 1.84. The fourth-order valence-electron chi connectivity index (χ4n) is 3.79. The third-order valence-corrected chi connectivity index (χ3v) is 5.20. The Labute approximate surface area is 157 Å². The Morgan fingerprint density at radius 2 is 1.81 bits per heavy atom. The number of amides is 1. The highest BCUT2D eigenvalue weighted by Crippen LogP contribution is 2.22. The molecule has 1 amide bonds. The van der Waals surface area contributed by atoms with Gasteiger partial charge in [-0.3, -0.25) is 19.4 Å². The zero-order chi connectivity index (χ0) is 19.1. The van der Waals surface area contributed by atoms with Crippen LogP contribution in [0, 0.1) is 13.8 Å². The molecule has 1 aliphatic rings. The van der Waals surface area contributed by atoms with Crippen molar-refractivity contribution in [3.05, 3.63) is 57.5 Å². The monoisotopic (exact) mass is 365 g/mol. The molecule has 1 aliphatic heterocycles. The number of aryl methyl sites for hydroxylation is 3. The van der Waals surface area contributed by atoms with Crippen LogP contribution in [-0.4, -0.2) is 51.8 Å². The molecular weight excluding hydrogens is 342 g/mol. The number of fused-ring (bicyclic) bond motifs is 1. The van der Waals surface area contributed by atoms with E-state index in [1.165, 1.54) is 11.3 Å². The molecule has 27 heavy (non-hydrogen) atoms. The Morgan fingerprint density at radius 1 is 1.11 bits per heavy atom. The van der Waals surface area contributed by atoms with Gasteiger partial charge in [-0.2, -0.15) is 0 Å². The number of nitrogens with zero attached hydrogens (tertiary/aromatic N) is 4. The third-order valence-electron chi connectivity index (χ3n) is 5.20. The van der Waals surface area contributed by atoms with E-state index in [1.807, 2.05) is 24.0 Å². The first-order valence-corrected chi connectivity index (χ1v) is 9.12. The van der Waals surface area contributed by atoms with Gasteiger partial charge in [0.2, 0.25) is 0 Å². The summed E-state index contributed by atoms with van der Waals surface area (Å²) in [5, 5.41) is 3.07. The number of pyridine rings is 1. The van der Waals surface area contributed by atoms with Gasteiger partial charge in [0.1, 0.15) is 0 Å². The van der Waals surface area contributed by atoms with Gasteiger partial charge in [-0.25, -0.2) is 4.98 Å². The highest BCUT2D eigenvalue weighted by molar-refractivity contribution is 6.05. The Bertz CT molecular complexity index is 1070. The lowest BCUT2D eigenvalue weighted by molar-refractivity contribution is 0.0748. The van der Waals surface area contributed by atoms with Crippen LogP contribution in [0.25, 0.3) is 11.0 Å². The number of aromatic nitrogens is 3. The number of carbonyl (C=O) groups is 1. The average molecular weight is 365 g/mol. The van der Waals surface area contributed by atoms with Crippen LogP contribution >= 0.6 is 0 Å². The molecule has 1 aromatic carbocycles. The normalized spacial score (nSPS) is 14.8. The molecule has 140 valence electrons. The molecule has 0 atom stereocenters. The van der Waals surface area contributed by atoms with E-state index in [1.54, 1.807) is 17.8 Å². The van der Waals surface area contributed by atoms with Crippen molar-refractivity contribution in [2.75, 3.05) is 31.1 Å². The molecule has 7 nitrogen and oxygen atoms in total. The minimum Gasteiger partial charge on any atom is -0.368 e. The van der Waals surface area contributed by atoms with Gasteiger partial charge < -0.3 is 9.80 Å². The SMILES string of the molecule is Cc1cc(C(=O)N2CCN(c3ccccc3C)CC2)c2c(=O)[nH]n(C)c2n1. The average Bonchev–Trinajstić information content (AvgIpc) is 2.95. The van der Waals surface area contributed by atoms with E-state index in [4.69, 9.17) is 0 Å². The van der Waals surface area contributed by atoms with E-state index in [-0.39, 0.29) is 11.5 Å². The topological polar surface area (TPSA) is 74.2 Å². The molecule has 0 bridgehead atoms. The van der Waals surface area contributed by atoms with E-state index in [0.29, 0.717) is 29.7 Å².